The normalized spacial score (nSPS) is 13.9. The molecule has 7 heteroatoms. The van der Waals surface area contributed by atoms with Crippen molar-refractivity contribution in [3.05, 3.63) is 46.5 Å². The van der Waals surface area contributed by atoms with Gasteiger partial charge in [0, 0.05) is 31.6 Å². The number of nitrogens with one attached hydrogen (secondary N) is 2. The minimum atomic E-state index is 0.624. The van der Waals surface area contributed by atoms with Crippen molar-refractivity contribution in [1.82, 2.24) is 25.4 Å². The van der Waals surface area contributed by atoms with Crippen LogP contribution in [-0.2, 0) is 25.9 Å². The van der Waals surface area contributed by atoms with E-state index in [1.54, 1.807) is 7.05 Å². The average Bonchev–Trinajstić information content (AvgIpc) is 3.16. The molecule has 3 rings (SSSR count). The second-order valence-electron chi connectivity index (χ2n) is 5.48. The van der Waals surface area contributed by atoms with Crippen molar-refractivity contribution in [2.24, 2.45) is 4.99 Å². The lowest BCUT2D eigenvalue weighted by Crippen LogP contribution is -2.38. The van der Waals surface area contributed by atoms with Crippen LogP contribution in [0.2, 0.25) is 5.02 Å². The van der Waals surface area contributed by atoms with E-state index in [2.05, 4.69) is 30.4 Å². The molecule has 0 saturated heterocycles. The highest BCUT2D eigenvalue weighted by Gasteiger charge is 2.16. The number of aryl methyl sites for hydroxylation is 1. The smallest absolute Gasteiger partial charge is 0.191 e. The highest BCUT2D eigenvalue weighted by atomic mass is 35.5. The van der Waals surface area contributed by atoms with Crippen LogP contribution in [0.1, 0.15) is 23.6 Å². The summed E-state index contributed by atoms with van der Waals surface area (Å²) in [4.78, 5) is 4.24. The predicted molar refractivity (Wildman–Crippen MR) is 91.7 cm³/mol. The highest BCUT2D eigenvalue weighted by molar-refractivity contribution is 6.31. The van der Waals surface area contributed by atoms with Gasteiger partial charge < -0.3 is 15.2 Å². The minimum absolute atomic E-state index is 0.624. The van der Waals surface area contributed by atoms with Gasteiger partial charge in [0.25, 0.3) is 0 Å². The van der Waals surface area contributed by atoms with Gasteiger partial charge in [0.2, 0.25) is 0 Å². The Morgan fingerprint density at radius 1 is 1.30 bits per heavy atom. The van der Waals surface area contributed by atoms with Gasteiger partial charge in [-0.1, -0.05) is 29.8 Å². The fraction of sp³-hybridized carbons (Fsp3) is 0.438. The molecule has 23 heavy (non-hydrogen) atoms. The molecular weight excluding hydrogens is 312 g/mol. The van der Waals surface area contributed by atoms with Crippen LogP contribution in [-0.4, -0.2) is 34.3 Å². The molecule has 2 N–H and O–H groups in total. The first kappa shape index (κ1) is 15.8. The second-order valence-corrected chi connectivity index (χ2v) is 5.89. The molecule has 0 atom stereocenters. The summed E-state index contributed by atoms with van der Waals surface area (Å²) in [5.74, 6) is 2.81. The SMILES string of the molecule is CN=C(NCCc1ccccc1Cl)NCc1nnc2n1CCC2. The summed E-state index contributed by atoms with van der Waals surface area (Å²) >= 11 is 6.16. The third-order valence-corrected chi connectivity index (χ3v) is 4.34. The molecule has 0 unspecified atom stereocenters. The van der Waals surface area contributed by atoms with Crippen LogP contribution >= 0.6 is 11.6 Å². The number of rotatable bonds is 5. The van der Waals surface area contributed by atoms with Crippen LogP contribution in [0.25, 0.3) is 0 Å². The summed E-state index contributed by atoms with van der Waals surface area (Å²) in [6, 6.07) is 7.90. The van der Waals surface area contributed by atoms with E-state index < -0.39 is 0 Å². The summed E-state index contributed by atoms with van der Waals surface area (Å²) < 4.78 is 2.18. The Labute approximate surface area is 141 Å². The van der Waals surface area contributed by atoms with Crippen LogP contribution in [0.15, 0.2) is 29.3 Å². The van der Waals surface area contributed by atoms with Crippen molar-refractivity contribution in [2.45, 2.75) is 32.4 Å². The Morgan fingerprint density at radius 3 is 3.00 bits per heavy atom. The fourth-order valence-electron chi connectivity index (χ4n) is 2.74. The van der Waals surface area contributed by atoms with Gasteiger partial charge in [-0.2, -0.15) is 0 Å². The first-order valence-corrected chi connectivity index (χ1v) is 8.24. The maximum atomic E-state index is 6.16. The van der Waals surface area contributed by atoms with E-state index in [9.17, 15) is 0 Å². The van der Waals surface area contributed by atoms with Gasteiger partial charge in [-0.05, 0) is 24.5 Å². The molecule has 0 fully saturated rings. The third kappa shape index (κ3) is 3.82. The van der Waals surface area contributed by atoms with Crippen molar-refractivity contribution < 1.29 is 0 Å². The molecule has 0 spiro atoms. The Bertz CT molecular complexity index is 694. The third-order valence-electron chi connectivity index (χ3n) is 3.97. The zero-order chi connectivity index (χ0) is 16.1. The van der Waals surface area contributed by atoms with Crippen LogP contribution in [0.3, 0.4) is 0 Å². The number of guanidine groups is 1. The van der Waals surface area contributed by atoms with Crippen molar-refractivity contribution in [2.75, 3.05) is 13.6 Å². The van der Waals surface area contributed by atoms with E-state index in [4.69, 9.17) is 11.6 Å². The van der Waals surface area contributed by atoms with Crippen molar-refractivity contribution >= 4 is 17.6 Å². The van der Waals surface area contributed by atoms with E-state index >= 15 is 0 Å². The fourth-order valence-corrected chi connectivity index (χ4v) is 2.97. The predicted octanol–water partition coefficient (Wildman–Crippen LogP) is 1.79. The molecule has 1 aromatic heterocycles. The lowest BCUT2D eigenvalue weighted by molar-refractivity contribution is 0.662. The summed E-state index contributed by atoms with van der Waals surface area (Å²) in [6.07, 6.45) is 3.03. The Morgan fingerprint density at radius 2 is 2.17 bits per heavy atom. The Kier molecular flexibility index (Phi) is 5.12. The van der Waals surface area contributed by atoms with Gasteiger partial charge in [0.1, 0.15) is 5.82 Å². The maximum absolute atomic E-state index is 6.16. The van der Waals surface area contributed by atoms with Gasteiger partial charge in [0.15, 0.2) is 11.8 Å². The number of hydrogen-bond donors (Lipinski definition) is 2. The molecule has 0 amide bonds. The molecule has 0 aliphatic carbocycles. The molecule has 2 aromatic rings. The Balaban J connectivity index is 1.48. The molecule has 1 aliphatic rings. The summed E-state index contributed by atoms with van der Waals surface area (Å²) in [6.45, 7) is 2.40. The number of nitrogens with zero attached hydrogens (tertiary/aromatic N) is 4. The molecule has 0 radical (unpaired) electrons. The van der Waals surface area contributed by atoms with E-state index in [-0.39, 0.29) is 0 Å². The van der Waals surface area contributed by atoms with Gasteiger partial charge in [-0.25, -0.2) is 0 Å². The molecule has 0 bridgehead atoms. The number of benzene rings is 1. The Hall–Kier alpha value is -2.08. The average molecular weight is 333 g/mol. The quantitative estimate of drug-likeness (QED) is 0.647. The maximum Gasteiger partial charge on any atom is 0.191 e. The van der Waals surface area contributed by atoms with E-state index in [1.165, 1.54) is 0 Å². The van der Waals surface area contributed by atoms with Crippen LogP contribution < -0.4 is 10.6 Å². The molecule has 1 aliphatic heterocycles. The zero-order valence-corrected chi connectivity index (χ0v) is 14.0. The molecular formula is C16H21ClN6. The van der Waals surface area contributed by atoms with Crippen molar-refractivity contribution in [3.8, 4) is 0 Å². The number of aliphatic imine (C=N–C) groups is 1. The summed E-state index contributed by atoms with van der Waals surface area (Å²) in [5.41, 5.74) is 1.13. The van der Waals surface area contributed by atoms with Crippen molar-refractivity contribution in [1.29, 1.82) is 0 Å². The van der Waals surface area contributed by atoms with Crippen molar-refractivity contribution in [3.63, 3.8) is 0 Å². The lowest BCUT2D eigenvalue weighted by Gasteiger charge is -2.12. The van der Waals surface area contributed by atoms with E-state index in [0.717, 1.165) is 60.5 Å². The van der Waals surface area contributed by atoms with Crippen LogP contribution in [0.5, 0.6) is 0 Å². The number of aromatic nitrogens is 3. The highest BCUT2D eigenvalue weighted by Crippen LogP contribution is 2.15. The zero-order valence-electron chi connectivity index (χ0n) is 13.2. The molecule has 6 nitrogen and oxygen atoms in total. The molecule has 122 valence electrons. The van der Waals surface area contributed by atoms with Gasteiger partial charge in [-0.15, -0.1) is 10.2 Å². The topological polar surface area (TPSA) is 67.1 Å². The number of halogens is 1. The van der Waals surface area contributed by atoms with Gasteiger partial charge in [0.05, 0.1) is 6.54 Å². The summed E-state index contributed by atoms with van der Waals surface area (Å²) in [5, 5.41) is 15.8. The number of hydrogen-bond acceptors (Lipinski definition) is 3. The largest absolute Gasteiger partial charge is 0.356 e. The van der Waals surface area contributed by atoms with Gasteiger partial charge >= 0.3 is 0 Å². The van der Waals surface area contributed by atoms with E-state index in [0.29, 0.717) is 6.54 Å². The van der Waals surface area contributed by atoms with E-state index in [1.807, 2.05) is 24.3 Å². The van der Waals surface area contributed by atoms with Crippen LogP contribution in [0, 0.1) is 0 Å². The second kappa shape index (κ2) is 7.46. The molecule has 1 aromatic carbocycles. The number of fused-ring (bicyclic) bond motifs is 1. The monoisotopic (exact) mass is 332 g/mol. The molecule has 0 saturated carbocycles. The lowest BCUT2D eigenvalue weighted by atomic mass is 10.1. The first-order chi connectivity index (χ1) is 11.3. The van der Waals surface area contributed by atoms with Gasteiger partial charge in [-0.3, -0.25) is 4.99 Å². The first-order valence-electron chi connectivity index (χ1n) is 7.87. The minimum Gasteiger partial charge on any atom is -0.356 e. The van der Waals surface area contributed by atoms with Crippen LogP contribution in [0.4, 0.5) is 0 Å². The summed E-state index contributed by atoms with van der Waals surface area (Å²) in [7, 11) is 1.76. The molecule has 2 heterocycles. The standard InChI is InChI=1S/C16H21ClN6/c1-18-16(19-9-8-12-5-2-3-6-13(12)17)20-11-15-22-21-14-7-4-10-23(14)15/h2-3,5-6H,4,7-11H2,1H3,(H2,18,19,20).